The van der Waals surface area contributed by atoms with Crippen molar-refractivity contribution >= 4 is 5.97 Å². The van der Waals surface area contributed by atoms with Gasteiger partial charge in [0.2, 0.25) is 0 Å². The molecule has 1 aliphatic rings. The minimum Gasteiger partial charge on any atom is -0.478 e. The zero-order valence-corrected chi connectivity index (χ0v) is 17.5. The van der Waals surface area contributed by atoms with Crippen LogP contribution in [0.5, 0.6) is 0 Å². The molecule has 3 aromatic rings. The molecule has 0 bridgehead atoms. The molecule has 154 valence electrons. The highest BCUT2D eigenvalue weighted by Crippen LogP contribution is 2.40. The van der Waals surface area contributed by atoms with Gasteiger partial charge in [0.25, 0.3) is 0 Å². The molecule has 1 aromatic heterocycles. The van der Waals surface area contributed by atoms with E-state index >= 15 is 0 Å². The van der Waals surface area contributed by atoms with Crippen LogP contribution in [0, 0.1) is 5.92 Å². The third-order valence-electron chi connectivity index (χ3n) is 6.59. The van der Waals surface area contributed by atoms with E-state index in [-0.39, 0.29) is 5.41 Å². The highest BCUT2D eigenvalue weighted by atomic mass is 16.4. The first-order chi connectivity index (χ1) is 14.5. The van der Waals surface area contributed by atoms with Gasteiger partial charge in [-0.3, -0.25) is 4.90 Å². The minimum absolute atomic E-state index is 0.0148. The highest BCUT2D eigenvalue weighted by molar-refractivity contribution is 5.87. The lowest BCUT2D eigenvalue weighted by Crippen LogP contribution is -2.47. The fourth-order valence-corrected chi connectivity index (χ4v) is 4.41. The maximum absolute atomic E-state index is 11.4. The molecule has 5 heteroatoms. The lowest BCUT2D eigenvalue weighted by atomic mass is 9.68. The predicted octanol–water partition coefficient (Wildman–Crippen LogP) is 4.64. The van der Waals surface area contributed by atoms with Crippen molar-refractivity contribution in [1.29, 1.82) is 0 Å². The molecule has 30 heavy (non-hydrogen) atoms. The van der Waals surface area contributed by atoms with E-state index in [2.05, 4.69) is 59.0 Å². The van der Waals surface area contributed by atoms with Gasteiger partial charge in [0.15, 0.2) is 0 Å². The molecule has 0 aliphatic carbocycles. The number of aromatic nitrogens is 2. The summed E-state index contributed by atoms with van der Waals surface area (Å²) < 4.78 is 0. The van der Waals surface area contributed by atoms with Crippen LogP contribution in [0.2, 0.25) is 0 Å². The molecule has 1 aliphatic heterocycles. The number of hydrogen-bond acceptors (Lipinski definition) is 4. The van der Waals surface area contributed by atoms with E-state index in [0.29, 0.717) is 11.5 Å². The van der Waals surface area contributed by atoms with E-state index < -0.39 is 5.97 Å². The Balaban J connectivity index is 1.43. The van der Waals surface area contributed by atoms with Crippen molar-refractivity contribution in [3.8, 4) is 11.1 Å². The lowest BCUT2D eigenvalue weighted by molar-refractivity contribution is 0.0696. The van der Waals surface area contributed by atoms with Crippen molar-refractivity contribution in [2.24, 2.45) is 5.92 Å². The van der Waals surface area contributed by atoms with Crippen molar-refractivity contribution in [3.63, 3.8) is 0 Å². The van der Waals surface area contributed by atoms with Crippen molar-refractivity contribution in [2.45, 2.75) is 32.2 Å². The average molecular weight is 402 g/mol. The number of rotatable bonds is 5. The van der Waals surface area contributed by atoms with E-state index in [1.807, 2.05) is 24.5 Å². The number of aromatic carboxylic acids is 1. The smallest absolute Gasteiger partial charge is 0.335 e. The van der Waals surface area contributed by atoms with E-state index in [4.69, 9.17) is 0 Å². The topological polar surface area (TPSA) is 66.3 Å². The van der Waals surface area contributed by atoms with Crippen LogP contribution >= 0.6 is 0 Å². The van der Waals surface area contributed by atoms with Gasteiger partial charge in [0.1, 0.15) is 6.33 Å². The molecular weight excluding hydrogens is 374 g/mol. The number of carboxylic acid groups (broad SMARTS) is 1. The molecule has 1 N–H and O–H groups in total. The van der Waals surface area contributed by atoms with Crippen molar-refractivity contribution in [2.75, 3.05) is 13.1 Å². The van der Waals surface area contributed by atoms with Gasteiger partial charge in [0.05, 0.1) is 5.56 Å². The first-order valence-corrected chi connectivity index (χ1v) is 10.4. The summed E-state index contributed by atoms with van der Waals surface area (Å²) in [6.45, 7) is 7.44. The van der Waals surface area contributed by atoms with Crippen molar-refractivity contribution in [1.82, 2.24) is 14.9 Å². The van der Waals surface area contributed by atoms with Gasteiger partial charge in [-0.05, 0) is 53.1 Å². The van der Waals surface area contributed by atoms with Crippen molar-refractivity contribution < 1.29 is 9.90 Å². The summed E-state index contributed by atoms with van der Waals surface area (Å²) in [6, 6.07) is 16.1. The van der Waals surface area contributed by atoms with Gasteiger partial charge in [-0.25, -0.2) is 14.8 Å². The first kappa shape index (κ1) is 20.2. The zero-order chi connectivity index (χ0) is 21.1. The third kappa shape index (κ3) is 4.12. The number of carboxylic acids is 1. The second-order valence-electron chi connectivity index (χ2n) is 8.51. The van der Waals surface area contributed by atoms with E-state index in [1.165, 1.54) is 5.56 Å². The second-order valence-corrected chi connectivity index (χ2v) is 8.51. The summed E-state index contributed by atoms with van der Waals surface area (Å²) in [5, 5.41) is 9.34. The highest BCUT2D eigenvalue weighted by Gasteiger charge is 2.38. The van der Waals surface area contributed by atoms with Crippen LogP contribution in [0.3, 0.4) is 0 Å². The molecule has 0 spiro atoms. The van der Waals surface area contributed by atoms with Gasteiger partial charge in [-0.2, -0.15) is 0 Å². The molecule has 2 unspecified atom stereocenters. The van der Waals surface area contributed by atoms with Crippen LogP contribution in [0.25, 0.3) is 11.1 Å². The number of benzene rings is 2. The summed E-state index contributed by atoms with van der Waals surface area (Å²) in [5.74, 6) is -0.438. The van der Waals surface area contributed by atoms with Gasteiger partial charge in [-0.15, -0.1) is 0 Å². The molecule has 1 fully saturated rings. The second kappa shape index (κ2) is 8.36. The molecule has 0 saturated carbocycles. The van der Waals surface area contributed by atoms with Crippen molar-refractivity contribution in [3.05, 3.63) is 83.9 Å². The number of carbonyl (C=O) groups is 1. The first-order valence-electron chi connectivity index (χ1n) is 10.4. The normalized spacial score (nSPS) is 22.0. The third-order valence-corrected chi connectivity index (χ3v) is 6.59. The Morgan fingerprint density at radius 2 is 1.87 bits per heavy atom. The quantitative estimate of drug-likeness (QED) is 0.675. The lowest BCUT2D eigenvalue weighted by Gasteiger charge is -2.45. The SMILES string of the molecule is CC1CN(Cc2ccc(-c3cncnc3)cc2)CCC1(C)c1cccc(C(=O)O)c1. The van der Waals surface area contributed by atoms with E-state index in [0.717, 1.165) is 42.7 Å². The largest absolute Gasteiger partial charge is 0.478 e. The van der Waals surface area contributed by atoms with Gasteiger partial charge in [0, 0.05) is 31.0 Å². The van der Waals surface area contributed by atoms with Crippen LogP contribution in [0.4, 0.5) is 0 Å². The van der Waals surface area contributed by atoms with Crippen LogP contribution in [-0.4, -0.2) is 39.0 Å². The average Bonchev–Trinajstić information content (AvgIpc) is 2.77. The fourth-order valence-electron chi connectivity index (χ4n) is 4.41. The van der Waals surface area contributed by atoms with E-state index in [9.17, 15) is 9.90 Å². The molecule has 2 heterocycles. The summed E-state index contributed by atoms with van der Waals surface area (Å²) in [6.07, 6.45) is 6.21. The molecular formula is C25H27N3O2. The Morgan fingerprint density at radius 3 is 2.53 bits per heavy atom. The van der Waals surface area contributed by atoms with Crippen LogP contribution in [0.15, 0.2) is 67.3 Å². The van der Waals surface area contributed by atoms with Gasteiger partial charge in [-0.1, -0.05) is 50.2 Å². The Morgan fingerprint density at radius 1 is 1.13 bits per heavy atom. The van der Waals surface area contributed by atoms with Gasteiger partial charge < -0.3 is 5.11 Å². The molecule has 5 nitrogen and oxygen atoms in total. The summed E-state index contributed by atoms with van der Waals surface area (Å²) >= 11 is 0. The molecule has 2 aromatic carbocycles. The summed E-state index contributed by atoms with van der Waals surface area (Å²) in [4.78, 5) is 22.0. The molecule has 4 rings (SSSR count). The number of piperidine rings is 1. The number of nitrogens with zero attached hydrogens (tertiary/aromatic N) is 3. The molecule has 1 saturated heterocycles. The predicted molar refractivity (Wildman–Crippen MR) is 117 cm³/mol. The standard InChI is InChI=1S/C25H27N3O2/c1-18-15-28(11-10-25(18,2)23-5-3-4-21(12-23)24(29)30)16-19-6-8-20(9-7-19)22-13-26-17-27-14-22/h3-9,12-14,17-18H,10-11,15-16H2,1-2H3,(H,29,30). The van der Waals surface area contributed by atoms with Gasteiger partial charge >= 0.3 is 5.97 Å². The number of hydrogen-bond donors (Lipinski definition) is 1. The van der Waals surface area contributed by atoms with E-state index in [1.54, 1.807) is 12.4 Å². The van der Waals surface area contributed by atoms with Crippen LogP contribution in [0.1, 0.15) is 41.8 Å². The fraction of sp³-hybridized carbons (Fsp3) is 0.320. The molecule has 2 atom stereocenters. The monoisotopic (exact) mass is 401 g/mol. The molecule has 0 amide bonds. The van der Waals surface area contributed by atoms with Crippen LogP contribution in [-0.2, 0) is 12.0 Å². The maximum atomic E-state index is 11.4. The Labute approximate surface area is 177 Å². The number of likely N-dealkylation sites (tertiary alicyclic amines) is 1. The molecule has 0 radical (unpaired) electrons. The Hall–Kier alpha value is -3.05. The Kier molecular flexibility index (Phi) is 5.64. The van der Waals surface area contributed by atoms with Crippen LogP contribution < -0.4 is 0 Å². The maximum Gasteiger partial charge on any atom is 0.335 e. The Bertz CT molecular complexity index is 1020. The zero-order valence-electron chi connectivity index (χ0n) is 17.5. The summed E-state index contributed by atoms with van der Waals surface area (Å²) in [5.41, 5.74) is 4.92. The minimum atomic E-state index is -0.865. The summed E-state index contributed by atoms with van der Waals surface area (Å²) in [7, 11) is 0.